The molecule has 0 spiro atoms. The summed E-state index contributed by atoms with van der Waals surface area (Å²) >= 11 is 0. The number of piperidine rings is 1. The molecule has 0 bridgehead atoms. The van der Waals surface area contributed by atoms with Crippen LogP contribution in [0.2, 0.25) is 0 Å². The number of nitrogens with one attached hydrogen (secondary N) is 2. The second-order valence-electron chi connectivity index (χ2n) is 8.82. The van der Waals surface area contributed by atoms with E-state index in [2.05, 4.69) is 15.3 Å². The Morgan fingerprint density at radius 1 is 1.34 bits per heavy atom. The minimum atomic E-state index is -0.544. The highest BCUT2D eigenvalue weighted by atomic mass is 19.1. The molecule has 2 fully saturated rings. The molecule has 8 heteroatoms. The van der Waals surface area contributed by atoms with Gasteiger partial charge in [0.15, 0.2) is 0 Å². The number of hydrogen-bond acceptors (Lipinski definition) is 5. The number of halogens is 1. The summed E-state index contributed by atoms with van der Waals surface area (Å²) in [6.07, 6.45) is 2.44. The van der Waals surface area contributed by atoms with Crippen LogP contribution in [0.25, 0.3) is 11.0 Å². The van der Waals surface area contributed by atoms with Crippen LogP contribution in [0.3, 0.4) is 0 Å². The number of ether oxygens (including phenoxy) is 2. The molecule has 2 aliphatic heterocycles. The van der Waals surface area contributed by atoms with Crippen molar-refractivity contribution in [1.82, 2.24) is 20.2 Å². The van der Waals surface area contributed by atoms with Gasteiger partial charge in [0.1, 0.15) is 23.2 Å². The van der Waals surface area contributed by atoms with Crippen LogP contribution in [0.5, 0.6) is 0 Å². The Balaban J connectivity index is 1.58. The number of carbonyl (C=O) groups is 1. The summed E-state index contributed by atoms with van der Waals surface area (Å²) < 4.78 is 26.1. The number of pyridine rings is 1. The van der Waals surface area contributed by atoms with E-state index in [9.17, 15) is 9.18 Å². The monoisotopic (exact) mass is 404 g/mol. The number of nitrogens with zero attached hydrogens (tertiary/aromatic N) is 2. The summed E-state index contributed by atoms with van der Waals surface area (Å²) in [6.45, 7) is 8.62. The first-order valence-electron chi connectivity index (χ1n) is 10.3. The number of fused-ring (bicyclic) bond motifs is 1. The molecule has 4 heterocycles. The summed E-state index contributed by atoms with van der Waals surface area (Å²) in [7, 11) is 0. The van der Waals surface area contributed by atoms with Gasteiger partial charge < -0.3 is 24.7 Å². The van der Waals surface area contributed by atoms with E-state index in [1.807, 2.05) is 26.8 Å². The molecule has 4 rings (SSSR count). The Hall–Kier alpha value is -2.19. The average molecular weight is 404 g/mol. The van der Waals surface area contributed by atoms with Crippen LogP contribution in [-0.2, 0) is 9.47 Å². The lowest BCUT2D eigenvalue weighted by Crippen LogP contribution is -2.44. The fourth-order valence-corrected chi connectivity index (χ4v) is 4.12. The molecule has 1 amide bonds. The number of aromatic amines is 1. The summed E-state index contributed by atoms with van der Waals surface area (Å²) in [5, 5.41) is 4.14. The van der Waals surface area contributed by atoms with Crippen molar-refractivity contribution in [2.45, 2.75) is 51.2 Å². The first-order valence-corrected chi connectivity index (χ1v) is 10.3. The Bertz CT molecular complexity index is 886. The summed E-state index contributed by atoms with van der Waals surface area (Å²) in [4.78, 5) is 21.6. The van der Waals surface area contributed by atoms with Crippen LogP contribution in [0, 0.1) is 5.82 Å². The maximum atomic E-state index is 14.7. The highest BCUT2D eigenvalue weighted by molar-refractivity contribution is 5.81. The zero-order chi connectivity index (χ0) is 20.6. The van der Waals surface area contributed by atoms with Crippen molar-refractivity contribution in [2.24, 2.45) is 0 Å². The lowest BCUT2D eigenvalue weighted by molar-refractivity contribution is -0.0444. The van der Waals surface area contributed by atoms with Crippen LogP contribution in [-0.4, -0.2) is 59.3 Å². The van der Waals surface area contributed by atoms with Gasteiger partial charge in [-0.3, -0.25) is 0 Å². The van der Waals surface area contributed by atoms with E-state index in [0.717, 1.165) is 42.6 Å². The van der Waals surface area contributed by atoms with Gasteiger partial charge in [-0.2, -0.15) is 0 Å². The third kappa shape index (κ3) is 4.38. The Morgan fingerprint density at radius 3 is 2.83 bits per heavy atom. The van der Waals surface area contributed by atoms with Gasteiger partial charge in [-0.25, -0.2) is 14.2 Å². The van der Waals surface area contributed by atoms with E-state index < -0.39 is 5.60 Å². The van der Waals surface area contributed by atoms with Crippen molar-refractivity contribution in [1.29, 1.82) is 0 Å². The molecule has 0 saturated carbocycles. The molecule has 29 heavy (non-hydrogen) atoms. The quantitative estimate of drug-likeness (QED) is 0.801. The first kappa shape index (κ1) is 20.1. The number of H-pyrrole nitrogens is 1. The molecule has 158 valence electrons. The van der Waals surface area contributed by atoms with Crippen molar-refractivity contribution >= 4 is 17.1 Å². The first-order chi connectivity index (χ1) is 13.8. The molecule has 7 nitrogen and oxygen atoms in total. The SMILES string of the molecule is CC(C)(C)OC(=O)N1CCOC(c2cc3c(C4CCNCC4)c(F)cnc3[nH]2)C1. The number of hydrogen-bond donors (Lipinski definition) is 2. The number of aromatic nitrogens is 2. The fraction of sp³-hybridized carbons (Fsp3) is 0.619. The minimum absolute atomic E-state index is 0.177. The fourth-order valence-electron chi connectivity index (χ4n) is 4.12. The van der Waals surface area contributed by atoms with Crippen LogP contribution in [0.1, 0.15) is 56.9 Å². The topological polar surface area (TPSA) is 79.5 Å². The summed E-state index contributed by atoms with van der Waals surface area (Å²) in [5.74, 6) is -0.0779. The van der Waals surface area contributed by atoms with Gasteiger partial charge in [-0.1, -0.05) is 0 Å². The van der Waals surface area contributed by atoms with Crippen molar-refractivity contribution in [2.75, 3.05) is 32.8 Å². The van der Waals surface area contributed by atoms with Crippen LogP contribution >= 0.6 is 0 Å². The Labute approximate surface area is 170 Å². The lowest BCUT2D eigenvalue weighted by Gasteiger charge is -2.33. The standard InChI is InChI=1S/C21H29FN4O3/c1-21(2,3)29-20(27)26-8-9-28-17(12-26)16-10-14-18(13-4-6-23-7-5-13)15(22)11-24-19(14)25-16/h10-11,13,17,23H,4-9,12H2,1-3H3,(H,24,25). The van der Waals surface area contributed by atoms with Crippen LogP contribution in [0.15, 0.2) is 12.3 Å². The summed E-state index contributed by atoms with van der Waals surface area (Å²) in [5.41, 5.74) is 1.66. The van der Waals surface area contributed by atoms with Gasteiger partial charge in [0.25, 0.3) is 0 Å². The molecule has 2 N–H and O–H groups in total. The van der Waals surface area contributed by atoms with Crippen LogP contribution in [0.4, 0.5) is 9.18 Å². The van der Waals surface area contributed by atoms with Crippen LogP contribution < -0.4 is 5.32 Å². The van der Waals surface area contributed by atoms with Gasteiger partial charge in [0, 0.05) is 23.2 Å². The molecule has 2 aromatic rings. The third-order valence-corrected chi connectivity index (χ3v) is 5.48. The molecule has 2 aliphatic rings. The molecule has 0 radical (unpaired) electrons. The van der Waals surface area contributed by atoms with E-state index >= 15 is 0 Å². The third-order valence-electron chi connectivity index (χ3n) is 5.48. The van der Waals surface area contributed by atoms with Gasteiger partial charge in [-0.05, 0) is 58.7 Å². The number of carbonyl (C=O) groups excluding carboxylic acids is 1. The van der Waals surface area contributed by atoms with Gasteiger partial charge >= 0.3 is 6.09 Å². The molecule has 1 atom stereocenters. The molecule has 1 unspecified atom stereocenters. The van der Waals surface area contributed by atoms with Crippen molar-refractivity contribution in [3.63, 3.8) is 0 Å². The molecule has 2 saturated heterocycles. The lowest BCUT2D eigenvalue weighted by atomic mass is 9.88. The number of amides is 1. The van der Waals surface area contributed by atoms with Gasteiger partial charge in [0.2, 0.25) is 0 Å². The van der Waals surface area contributed by atoms with Crippen molar-refractivity contribution in [3.05, 3.63) is 29.3 Å². The normalized spacial score (nSPS) is 21.5. The molecule has 0 aromatic carbocycles. The van der Waals surface area contributed by atoms with Crippen molar-refractivity contribution < 1.29 is 18.7 Å². The van der Waals surface area contributed by atoms with E-state index in [4.69, 9.17) is 9.47 Å². The number of morpholine rings is 1. The summed E-state index contributed by atoms with van der Waals surface area (Å²) in [6, 6.07) is 1.94. The maximum absolute atomic E-state index is 14.7. The zero-order valence-electron chi connectivity index (χ0n) is 17.3. The second-order valence-corrected chi connectivity index (χ2v) is 8.82. The van der Waals surface area contributed by atoms with E-state index in [1.54, 1.807) is 4.90 Å². The number of rotatable bonds is 2. The molecular formula is C21H29FN4O3. The largest absolute Gasteiger partial charge is 0.444 e. The Morgan fingerprint density at radius 2 is 2.10 bits per heavy atom. The molecule has 2 aromatic heterocycles. The highest BCUT2D eigenvalue weighted by Gasteiger charge is 2.31. The zero-order valence-corrected chi connectivity index (χ0v) is 17.3. The Kier molecular flexibility index (Phi) is 5.48. The van der Waals surface area contributed by atoms with Gasteiger partial charge in [0.05, 0.1) is 19.3 Å². The maximum Gasteiger partial charge on any atom is 0.410 e. The molecule has 0 aliphatic carbocycles. The van der Waals surface area contributed by atoms with E-state index in [0.29, 0.717) is 25.3 Å². The predicted molar refractivity (Wildman–Crippen MR) is 107 cm³/mol. The van der Waals surface area contributed by atoms with E-state index in [-0.39, 0.29) is 23.9 Å². The second kappa shape index (κ2) is 7.91. The highest BCUT2D eigenvalue weighted by Crippen LogP contribution is 2.35. The smallest absolute Gasteiger partial charge is 0.410 e. The van der Waals surface area contributed by atoms with Gasteiger partial charge in [-0.15, -0.1) is 0 Å². The average Bonchev–Trinajstić information content (AvgIpc) is 3.11. The minimum Gasteiger partial charge on any atom is -0.444 e. The molecular weight excluding hydrogens is 375 g/mol. The van der Waals surface area contributed by atoms with E-state index in [1.165, 1.54) is 6.20 Å². The predicted octanol–water partition coefficient (Wildman–Crippen LogP) is 3.48. The van der Waals surface area contributed by atoms with Crippen molar-refractivity contribution in [3.8, 4) is 0 Å².